The van der Waals surface area contributed by atoms with Crippen molar-refractivity contribution in [2.75, 3.05) is 18.4 Å². The lowest BCUT2D eigenvalue weighted by atomic mass is 9.89. The zero-order chi connectivity index (χ0) is 18.6. The van der Waals surface area contributed by atoms with Crippen LogP contribution in [0.5, 0.6) is 0 Å². The number of nitrogens with one attached hydrogen (secondary N) is 2. The number of hydrogen-bond donors (Lipinski definition) is 2. The first kappa shape index (κ1) is 17.5. The largest absolute Gasteiger partial charge is 0.369 e. The molecule has 2 aliphatic heterocycles. The van der Waals surface area contributed by atoms with Gasteiger partial charge in [-0.15, -0.1) is 0 Å². The Hall–Kier alpha value is -2.86. The zero-order valence-corrected chi connectivity index (χ0v) is 15.0. The number of carbonyl (C=O) groups is 2. The standard InChI is InChI=1S/C21H23N3O3/c25-20(15-7-3-1-4-8-15)24-14-19-18(24)12-11-17(27-19)13-22-21(26)23-16-9-5-2-6-10-16/h1-10,17-19H,11-14H2,(H2,22,23,26)/t17-,18-,19-/m1/s1. The normalized spacial score (nSPS) is 23.7. The van der Waals surface area contributed by atoms with Crippen LogP contribution in [0.15, 0.2) is 60.7 Å². The number of amides is 3. The summed E-state index contributed by atoms with van der Waals surface area (Å²) in [6.45, 7) is 1.08. The Morgan fingerprint density at radius 1 is 1.00 bits per heavy atom. The minimum atomic E-state index is -0.235. The number of benzene rings is 2. The maximum absolute atomic E-state index is 12.6. The minimum absolute atomic E-state index is 0.0123. The number of nitrogens with zero attached hydrogens (tertiary/aromatic N) is 1. The zero-order valence-electron chi connectivity index (χ0n) is 15.0. The molecule has 0 bridgehead atoms. The highest BCUT2D eigenvalue weighted by atomic mass is 16.5. The fourth-order valence-electron chi connectivity index (χ4n) is 3.69. The second-order valence-electron chi connectivity index (χ2n) is 6.97. The maximum atomic E-state index is 12.6. The Bertz CT molecular complexity index is 797. The van der Waals surface area contributed by atoms with Gasteiger partial charge in [-0.25, -0.2) is 4.79 Å². The summed E-state index contributed by atoms with van der Waals surface area (Å²) in [6, 6.07) is 18.6. The van der Waals surface area contributed by atoms with E-state index in [0.29, 0.717) is 13.1 Å². The van der Waals surface area contributed by atoms with Crippen molar-refractivity contribution in [3.8, 4) is 0 Å². The first-order valence-corrected chi connectivity index (χ1v) is 9.32. The summed E-state index contributed by atoms with van der Waals surface area (Å²) in [5.74, 6) is 0.0688. The minimum Gasteiger partial charge on any atom is -0.369 e. The summed E-state index contributed by atoms with van der Waals surface area (Å²) in [5, 5.41) is 5.66. The van der Waals surface area contributed by atoms with Crippen molar-refractivity contribution >= 4 is 17.6 Å². The molecule has 2 aromatic rings. The molecular formula is C21H23N3O3. The van der Waals surface area contributed by atoms with Gasteiger partial charge in [-0.3, -0.25) is 4.79 Å². The van der Waals surface area contributed by atoms with Crippen LogP contribution in [0, 0.1) is 0 Å². The third kappa shape index (κ3) is 3.95. The summed E-state index contributed by atoms with van der Waals surface area (Å²) < 4.78 is 6.07. The summed E-state index contributed by atoms with van der Waals surface area (Å²) in [4.78, 5) is 26.4. The van der Waals surface area contributed by atoms with Crippen LogP contribution < -0.4 is 10.6 Å². The molecule has 2 saturated heterocycles. The Labute approximate surface area is 158 Å². The van der Waals surface area contributed by atoms with Gasteiger partial charge in [0.05, 0.1) is 18.2 Å². The number of carbonyl (C=O) groups excluding carboxylic acids is 2. The molecule has 27 heavy (non-hydrogen) atoms. The van der Waals surface area contributed by atoms with Gasteiger partial charge < -0.3 is 20.3 Å². The summed E-state index contributed by atoms with van der Waals surface area (Å²) >= 11 is 0. The highest BCUT2D eigenvalue weighted by Gasteiger charge is 2.46. The van der Waals surface area contributed by atoms with E-state index in [1.54, 1.807) is 0 Å². The molecule has 2 N–H and O–H groups in total. The molecule has 2 heterocycles. The smallest absolute Gasteiger partial charge is 0.319 e. The molecule has 0 spiro atoms. The van der Waals surface area contributed by atoms with Crippen molar-refractivity contribution in [3.05, 3.63) is 66.2 Å². The van der Waals surface area contributed by atoms with Crippen molar-refractivity contribution in [3.63, 3.8) is 0 Å². The molecule has 2 aromatic carbocycles. The predicted molar refractivity (Wildman–Crippen MR) is 103 cm³/mol. The topological polar surface area (TPSA) is 70.7 Å². The number of urea groups is 1. The molecule has 6 nitrogen and oxygen atoms in total. The summed E-state index contributed by atoms with van der Waals surface area (Å²) in [5.41, 5.74) is 1.48. The predicted octanol–water partition coefficient (Wildman–Crippen LogP) is 2.88. The molecule has 4 rings (SSSR count). The van der Waals surface area contributed by atoms with E-state index in [1.165, 1.54) is 0 Å². The van der Waals surface area contributed by atoms with Gasteiger partial charge in [0.2, 0.25) is 0 Å². The summed E-state index contributed by atoms with van der Waals surface area (Å²) in [6.07, 6.45) is 1.78. The monoisotopic (exact) mass is 365 g/mol. The lowest BCUT2D eigenvalue weighted by Crippen LogP contribution is -2.66. The van der Waals surface area contributed by atoms with E-state index in [4.69, 9.17) is 4.74 Å². The van der Waals surface area contributed by atoms with Gasteiger partial charge >= 0.3 is 6.03 Å². The van der Waals surface area contributed by atoms with E-state index in [9.17, 15) is 9.59 Å². The molecule has 2 aliphatic rings. The molecule has 0 aliphatic carbocycles. The molecule has 2 fully saturated rings. The number of anilines is 1. The van der Waals surface area contributed by atoms with E-state index in [2.05, 4.69) is 10.6 Å². The third-order valence-electron chi connectivity index (χ3n) is 5.16. The fraction of sp³-hybridized carbons (Fsp3) is 0.333. The SMILES string of the molecule is O=C(NC[C@H]1CC[C@@H]2[C@@H](CN2C(=O)c2ccccc2)O1)Nc1ccccc1. The Morgan fingerprint density at radius 2 is 1.70 bits per heavy atom. The quantitative estimate of drug-likeness (QED) is 0.875. The average molecular weight is 365 g/mol. The number of likely N-dealkylation sites (tertiary alicyclic amines) is 1. The van der Waals surface area contributed by atoms with Crippen LogP contribution in [0.3, 0.4) is 0 Å². The van der Waals surface area contributed by atoms with Gasteiger partial charge in [-0.05, 0) is 37.1 Å². The molecular weight excluding hydrogens is 342 g/mol. The first-order chi connectivity index (χ1) is 13.2. The van der Waals surface area contributed by atoms with Crippen molar-refractivity contribution in [1.29, 1.82) is 0 Å². The van der Waals surface area contributed by atoms with Crippen molar-refractivity contribution in [2.24, 2.45) is 0 Å². The summed E-state index contributed by atoms with van der Waals surface area (Å²) in [7, 11) is 0. The van der Waals surface area contributed by atoms with Gasteiger partial charge in [0.1, 0.15) is 0 Å². The molecule has 6 heteroatoms. The van der Waals surface area contributed by atoms with Crippen molar-refractivity contribution in [1.82, 2.24) is 10.2 Å². The van der Waals surface area contributed by atoms with Gasteiger partial charge in [0.15, 0.2) is 0 Å². The lowest BCUT2D eigenvalue weighted by molar-refractivity contribution is -0.149. The van der Waals surface area contributed by atoms with Crippen LogP contribution in [0.2, 0.25) is 0 Å². The van der Waals surface area contributed by atoms with Gasteiger partial charge in [-0.2, -0.15) is 0 Å². The molecule has 0 unspecified atom stereocenters. The molecule has 140 valence electrons. The number of ether oxygens (including phenoxy) is 1. The highest BCUT2D eigenvalue weighted by molar-refractivity contribution is 5.95. The van der Waals surface area contributed by atoms with E-state index < -0.39 is 0 Å². The van der Waals surface area contributed by atoms with Gasteiger partial charge in [0.25, 0.3) is 5.91 Å². The number of para-hydroxylation sites is 1. The van der Waals surface area contributed by atoms with E-state index >= 15 is 0 Å². The Balaban J connectivity index is 1.23. The first-order valence-electron chi connectivity index (χ1n) is 9.32. The molecule has 3 amide bonds. The Morgan fingerprint density at radius 3 is 2.41 bits per heavy atom. The van der Waals surface area contributed by atoms with Crippen LogP contribution >= 0.6 is 0 Å². The van der Waals surface area contributed by atoms with Crippen LogP contribution in [-0.4, -0.2) is 48.2 Å². The molecule has 0 aromatic heterocycles. The van der Waals surface area contributed by atoms with Gasteiger partial charge in [0, 0.05) is 24.3 Å². The second-order valence-corrected chi connectivity index (χ2v) is 6.97. The highest BCUT2D eigenvalue weighted by Crippen LogP contribution is 2.33. The van der Waals surface area contributed by atoms with Gasteiger partial charge in [-0.1, -0.05) is 36.4 Å². The molecule has 0 radical (unpaired) electrons. The number of fused-ring (bicyclic) bond motifs is 1. The van der Waals surface area contributed by atoms with E-state index in [1.807, 2.05) is 65.6 Å². The van der Waals surface area contributed by atoms with E-state index in [-0.39, 0.29) is 30.2 Å². The van der Waals surface area contributed by atoms with Crippen molar-refractivity contribution in [2.45, 2.75) is 31.1 Å². The Kier molecular flexibility index (Phi) is 5.07. The van der Waals surface area contributed by atoms with Crippen LogP contribution in [0.1, 0.15) is 23.2 Å². The molecule has 3 atom stereocenters. The van der Waals surface area contributed by atoms with Crippen molar-refractivity contribution < 1.29 is 14.3 Å². The van der Waals surface area contributed by atoms with Crippen LogP contribution in [-0.2, 0) is 4.74 Å². The van der Waals surface area contributed by atoms with Crippen LogP contribution in [0.4, 0.5) is 10.5 Å². The second kappa shape index (κ2) is 7.80. The lowest BCUT2D eigenvalue weighted by Gasteiger charge is -2.52. The van der Waals surface area contributed by atoms with Crippen LogP contribution in [0.25, 0.3) is 0 Å². The van der Waals surface area contributed by atoms with E-state index in [0.717, 1.165) is 24.1 Å². The number of hydrogen-bond acceptors (Lipinski definition) is 3. The average Bonchev–Trinajstić information content (AvgIpc) is 2.69. The fourth-order valence-corrected chi connectivity index (χ4v) is 3.69. The third-order valence-corrected chi connectivity index (χ3v) is 5.16. The number of rotatable bonds is 4. The maximum Gasteiger partial charge on any atom is 0.319 e. The molecule has 0 saturated carbocycles.